The molecular weight excluding hydrogens is 609 g/mol. The van der Waals surface area contributed by atoms with Crippen LogP contribution in [0.1, 0.15) is 85.4 Å². The topological polar surface area (TPSA) is 83.8 Å². The summed E-state index contributed by atoms with van der Waals surface area (Å²) in [6.45, 7) is 10.3. The van der Waals surface area contributed by atoms with Crippen molar-refractivity contribution in [3.05, 3.63) is 76.4 Å². The molecular formula is C35H41F3N6O3. The molecule has 2 amide bonds. The minimum Gasteiger partial charge on any atom is -0.444 e. The zero-order chi connectivity index (χ0) is 33.5. The standard InChI is InChI=1S/C35H41F3N6O3/c1-22-14-34(15-22,30-40-39-21-41(30)5)24-7-6-8-25(13-24)44-17-27-26(29(44)45)11-23(12-28(27)35(36,37)38)16-42-10-9-33(18-42)19-43(20-33)31(46)47-32(2,3)4/h6-8,11-13,21-22H,9-10,14-20H2,1-5H3. The fourth-order valence-corrected chi connectivity index (χ4v) is 8.28. The van der Waals surface area contributed by atoms with Crippen molar-refractivity contribution in [3.63, 3.8) is 0 Å². The summed E-state index contributed by atoms with van der Waals surface area (Å²) in [6, 6.07) is 10.5. The molecule has 0 atom stereocenters. The zero-order valence-electron chi connectivity index (χ0n) is 27.5. The number of aryl methyl sites for hydroxylation is 1. The monoisotopic (exact) mass is 650 g/mol. The van der Waals surface area contributed by atoms with Crippen LogP contribution in [0.3, 0.4) is 0 Å². The lowest BCUT2D eigenvalue weighted by Crippen LogP contribution is -2.60. The van der Waals surface area contributed by atoms with E-state index in [1.807, 2.05) is 50.6 Å². The van der Waals surface area contributed by atoms with Crippen LogP contribution < -0.4 is 4.90 Å². The molecule has 47 heavy (non-hydrogen) atoms. The second-order valence-corrected chi connectivity index (χ2v) is 15.3. The summed E-state index contributed by atoms with van der Waals surface area (Å²) in [5.74, 6) is 0.902. The molecule has 7 rings (SSSR count). The first-order chi connectivity index (χ1) is 22.1. The maximum Gasteiger partial charge on any atom is 0.416 e. The number of carbonyl (C=O) groups is 2. The Morgan fingerprint density at radius 3 is 2.47 bits per heavy atom. The van der Waals surface area contributed by atoms with Crippen LogP contribution in [-0.2, 0) is 36.5 Å². The predicted molar refractivity (Wildman–Crippen MR) is 169 cm³/mol. The number of ether oxygens (including phenoxy) is 1. The van der Waals surface area contributed by atoms with E-state index in [2.05, 4.69) is 22.0 Å². The molecule has 4 aliphatic rings. The number of nitrogens with zero attached hydrogens (tertiary/aromatic N) is 6. The van der Waals surface area contributed by atoms with E-state index in [0.717, 1.165) is 30.7 Å². The largest absolute Gasteiger partial charge is 0.444 e. The Bertz CT molecular complexity index is 1730. The number of hydrogen-bond acceptors (Lipinski definition) is 6. The number of carbonyl (C=O) groups excluding carboxylic acids is 2. The number of anilines is 1. The number of likely N-dealkylation sites (tertiary alicyclic amines) is 2. The molecule has 3 aromatic rings. The van der Waals surface area contributed by atoms with Crippen molar-refractivity contribution >= 4 is 17.7 Å². The van der Waals surface area contributed by atoms with E-state index < -0.39 is 23.2 Å². The van der Waals surface area contributed by atoms with E-state index in [0.29, 0.717) is 49.9 Å². The molecule has 3 fully saturated rings. The average Bonchev–Trinajstić information content (AvgIpc) is 3.66. The maximum atomic E-state index is 14.5. The van der Waals surface area contributed by atoms with Crippen LogP contribution in [0.25, 0.3) is 0 Å². The fraction of sp³-hybridized carbons (Fsp3) is 0.543. The molecule has 0 bridgehead atoms. The molecule has 250 valence electrons. The van der Waals surface area contributed by atoms with E-state index >= 15 is 0 Å². The Kier molecular flexibility index (Phi) is 7.27. The molecule has 0 radical (unpaired) electrons. The Labute approximate surface area is 272 Å². The number of hydrogen-bond donors (Lipinski definition) is 0. The number of amides is 2. The molecule has 2 saturated heterocycles. The minimum atomic E-state index is -4.61. The highest BCUT2D eigenvalue weighted by atomic mass is 19.4. The van der Waals surface area contributed by atoms with Gasteiger partial charge in [0, 0.05) is 49.9 Å². The zero-order valence-corrected chi connectivity index (χ0v) is 27.5. The quantitative estimate of drug-likeness (QED) is 0.330. The van der Waals surface area contributed by atoms with E-state index in [-0.39, 0.29) is 34.6 Å². The van der Waals surface area contributed by atoms with Gasteiger partial charge in [0.2, 0.25) is 0 Å². The minimum absolute atomic E-state index is 0.0156. The van der Waals surface area contributed by atoms with Crippen LogP contribution in [-0.4, -0.2) is 68.3 Å². The molecule has 1 saturated carbocycles. The van der Waals surface area contributed by atoms with Crippen molar-refractivity contribution in [1.29, 1.82) is 0 Å². The first kappa shape index (κ1) is 31.7. The van der Waals surface area contributed by atoms with Gasteiger partial charge in [0.15, 0.2) is 0 Å². The van der Waals surface area contributed by atoms with Gasteiger partial charge in [-0.2, -0.15) is 13.2 Å². The molecule has 4 heterocycles. The first-order valence-electron chi connectivity index (χ1n) is 16.3. The molecule has 0 N–H and O–H groups in total. The number of fused-ring (bicyclic) bond motifs is 1. The molecule has 12 heteroatoms. The van der Waals surface area contributed by atoms with Gasteiger partial charge in [-0.1, -0.05) is 19.1 Å². The third-order valence-corrected chi connectivity index (χ3v) is 10.3. The summed E-state index contributed by atoms with van der Waals surface area (Å²) in [5.41, 5.74) is 0.358. The SMILES string of the molecule is CC1CC(c2cccc(N3Cc4c(cc(CN5CCC6(C5)CN(C(=O)OC(C)(C)C)C6)cc4C(F)(F)F)C3=O)c2)(c2nncn2C)C1. The number of alkyl halides is 3. The Morgan fingerprint density at radius 1 is 1.09 bits per heavy atom. The Morgan fingerprint density at radius 2 is 1.83 bits per heavy atom. The third kappa shape index (κ3) is 5.58. The van der Waals surface area contributed by atoms with E-state index in [9.17, 15) is 22.8 Å². The van der Waals surface area contributed by atoms with Crippen molar-refractivity contribution < 1.29 is 27.5 Å². The Balaban J connectivity index is 1.11. The van der Waals surface area contributed by atoms with Gasteiger partial charge in [0.1, 0.15) is 17.8 Å². The lowest BCUT2D eigenvalue weighted by molar-refractivity contribution is -0.138. The van der Waals surface area contributed by atoms with Crippen LogP contribution in [0.5, 0.6) is 0 Å². The van der Waals surface area contributed by atoms with Crippen molar-refractivity contribution in [2.75, 3.05) is 31.1 Å². The molecule has 9 nitrogen and oxygen atoms in total. The van der Waals surface area contributed by atoms with Crippen molar-refractivity contribution in [2.45, 2.75) is 77.2 Å². The first-order valence-corrected chi connectivity index (χ1v) is 16.3. The van der Waals surface area contributed by atoms with Crippen LogP contribution in [0.2, 0.25) is 0 Å². The van der Waals surface area contributed by atoms with Gasteiger partial charge in [-0.25, -0.2) is 4.79 Å². The van der Waals surface area contributed by atoms with Gasteiger partial charge in [-0.15, -0.1) is 10.2 Å². The van der Waals surface area contributed by atoms with Crippen molar-refractivity contribution in [1.82, 2.24) is 24.6 Å². The number of aromatic nitrogens is 3. The van der Waals surface area contributed by atoms with Gasteiger partial charge in [-0.05, 0) is 93.5 Å². The summed E-state index contributed by atoms with van der Waals surface area (Å²) >= 11 is 0. The van der Waals surface area contributed by atoms with Gasteiger partial charge in [0.25, 0.3) is 5.91 Å². The highest BCUT2D eigenvalue weighted by molar-refractivity contribution is 6.10. The van der Waals surface area contributed by atoms with Crippen LogP contribution in [0.4, 0.5) is 23.7 Å². The van der Waals surface area contributed by atoms with Crippen LogP contribution >= 0.6 is 0 Å². The van der Waals surface area contributed by atoms with Gasteiger partial charge < -0.3 is 19.1 Å². The summed E-state index contributed by atoms with van der Waals surface area (Å²) in [6.07, 6.45) is -0.682. The lowest BCUT2D eigenvalue weighted by Gasteiger charge is -2.48. The molecule has 2 aromatic carbocycles. The van der Waals surface area contributed by atoms with E-state index in [1.165, 1.54) is 11.0 Å². The summed E-state index contributed by atoms with van der Waals surface area (Å²) < 4.78 is 50.9. The molecule has 1 spiro atoms. The summed E-state index contributed by atoms with van der Waals surface area (Å²) in [4.78, 5) is 31.6. The van der Waals surface area contributed by atoms with Crippen molar-refractivity contribution in [3.8, 4) is 0 Å². The molecule has 3 aliphatic heterocycles. The number of halogens is 3. The number of rotatable bonds is 5. The van der Waals surface area contributed by atoms with Crippen molar-refractivity contribution in [2.24, 2.45) is 18.4 Å². The molecule has 1 aromatic heterocycles. The van der Waals surface area contributed by atoms with E-state index in [1.54, 1.807) is 23.4 Å². The average molecular weight is 651 g/mol. The van der Waals surface area contributed by atoms with Gasteiger partial charge >= 0.3 is 12.3 Å². The van der Waals surface area contributed by atoms with Gasteiger partial charge in [0.05, 0.1) is 17.5 Å². The van der Waals surface area contributed by atoms with Gasteiger partial charge in [-0.3, -0.25) is 9.69 Å². The van der Waals surface area contributed by atoms with E-state index in [4.69, 9.17) is 4.74 Å². The number of benzene rings is 2. The smallest absolute Gasteiger partial charge is 0.416 e. The molecule has 0 unspecified atom stereocenters. The molecule has 1 aliphatic carbocycles. The highest BCUT2D eigenvalue weighted by Gasteiger charge is 2.51. The Hall–Kier alpha value is -3.93. The summed E-state index contributed by atoms with van der Waals surface area (Å²) in [7, 11) is 1.91. The second-order valence-electron chi connectivity index (χ2n) is 15.3. The summed E-state index contributed by atoms with van der Waals surface area (Å²) in [5, 5.41) is 8.50. The fourth-order valence-electron chi connectivity index (χ4n) is 8.28. The lowest BCUT2D eigenvalue weighted by atomic mass is 9.58. The predicted octanol–water partition coefficient (Wildman–Crippen LogP) is 6.15. The van der Waals surface area contributed by atoms with Crippen LogP contribution in [0, 0.1) is 11.3 Å². The highest BCUT2D eigenvalue weighted by Crippen LogP contribution is 2.52. The maximum absolute atomic E-state index is 14.5. The third-order valence-electron chi connectivity index (χ3n) is 10.3. The second kappa shape index (κ2) is 10.8. The normalized spacial score (nSPS) is 24.0. The van der Waals surface area contributed by atoms with Crippen LogP contribution in [0.15, 0.2) is 42.7 Å².